The number of guanidine groups is 1. The molecule has 1 atom stereocenters. The molecule has 1 rings (SSSR count). The van der Waals surface area contributed by atoms with Crippen molar-refractivity contribution < 1.29 is 4.39 Å². The normalized spacial score (nSPS) is 13.2. The monoisotopic (exact) mass is 322 g/mol. The molecule has 0 aromatic heterocycles. The van der Waals surface area contributed by atoms with Crippen LogP contribution in [0.5, 0.6) is 0 Å². The second-order valence-corrected chi connectivity index (χ2v) is 5.60. The summed E-state index contributed by atoms with van der Waals surface area (Å²) >= 11 is 0. The highest BCUT2D eigenvalue weighted by Crippen LogP contribution is 2.03. The average molecular weight is 322 g/mol. The molecule has 0 heterocycles. The molecule has 0 aliphatic carbocycles. The van der Waals surface area contributed by atoms with E-state index in [1.807, 2.05) is 6.07 Å². The fraction of sp³-hybridized carbons (Fsp3) is 0.611. The molecule has 2 N–H and O–H groups in total. The lowest BCUT2D eigenvalue weighted by Gasteiger charge is -2.25. The summed E-state index contributed by atoms with van der Waals surface area (Å²) < 4.78 is 13.2. The van der Waals surface area contributed by atoms with Crippen LogP contribution >= 0.6 is 0 Å². The van der Waals surface area contributed by atoms with Gasteiger partial charge in [0, 0.05) is 19.1 Å². The van der Waals surface area contributed by atoms with E-state index in [2.05, 4.69) is 48.2 Å². The molecule has 1 unspecified atom stereocenters. The topological polar surface area (TPSA) is 39.7 Å². The molecule has 0 spiro atoms. The summed E-state index contributed by atoms with van der Waals surface area (Å²) in [5.74, 6) is 0.638. The molecular formula is C18H31FN4. The summed E-state index contributed by atoms with van der Waals surface area (Å²) in [5, 5.41) is 6.57. The minimum absolute atomic E-state index is 0.184. The van der Waals surface area contributed by atoms with E-state index in [9.17, 15) is 4.39 Å². The number of halogens is 1. The summed E-state index contributed by atoms with van der Waals surface area (Å²) in [6.07, 6.45) is 0.772. The smallest absolute Gasteiger partial charge is 0.191 e. The molecule has 130 valence electrons. The number of nitrogens with zero attached hydrogens (tertiary/aromatic N) is 2. The van der Waals surface area contributed by atoms with Crippen LogP contribution in [0.2, 0.25) is 0 Å². The lowest BCUT2D eigenvalue weighted by atomic mass is 10.1. The van der Waals surface area contributed by atoms with Gasteiger partial charge in [0.05, 0.1) is 6.54 Å². The van der Waals surface area contributed by atoms with Crippen LogP contribution in [0.3, 0.4) is 0 Å². The minimum atomic E-state index is -0.184. The van der Waals surface area contributed by atoms with Crippen LogP contribution in [0.15, 0.2) is 29.3 Å². The van der Waals surface area contributed by atoms with E-state index in [-0.39, 0.29) is 5.82 Å². The molecule has 1 aromatic rings. The maximum atomic E-state index is 13.2. The molecule has 0 amide bonds. The van der Waals surface area contributed by atoms with Crippen LogP contribution < -0.4 is 10.6 Å². The molecule has 4 nitrogen and oxygen atoms in total. The Morgan fingerprint density at radius 3 is 2.57 bits per heavy atom. The van der Waals surface area contributed by atoms with Gasteiger partial charge in [0.25, 0.3) is 0 Å². The zero-order valence-electron chi connectivity index (χ0n) is 14.9. The molecule has 0 saturated heterocycles. The van der Waals surface area contributed by atoms with Crippen LogP contribution in [0.1, 0.15) is 33.3 Å². The van der Waals surface area contributed by atoms with Gasteiger partial charge in [0.15, 0.2) is 5.96 Å². The van der Waals surface area contributed by atoms with E-state index in [4.69, 9.17) is 0 Å². The predicted molar refractivity (Wildman–Crippen MR) is 96.5 cm³/mol. The molecular weight excluding hydrogens is 291 g/mol. The molecule has 5 heteroatoms. The Balaban J connectivity index is 2.49. The first-order chi connectivity index (χ1) is 11.1. The van der Waals surface area contributed by atoms with Crippen LogP contribution in [-0.2, 0) is 6.42 Å². The van der Waals surface area contributed by atoms with Gasteiger partial charge < -0.3 is 10.6 Å². The third-order valence-corrected chi connectivity index (χ3v) is 3.89. The fourth-order valence-corrected chi connectivity index (χ4v) is 2.55. The maximum Gasteiger partial charge on any atom is 0.191 e. The van der Waals surface area contributed by atoms with Crippen molar-refractivity contribution in [2.45, 2.75) is 40.2 Å². The lowest BCUT2D eigenvalue weighted by molar-refractivity contribution is 0.237. The van der Waals surface area contributed by atoms with Crippen LogP contribution in [0.25, 0.3) is 0 Å². The first-order valence-corrected chi connectivity index (χ1v) is 8.61. The van der Waals surface area contributed by atoms with Crippen molar-refractivity contribution in [2.24, 2.45) is 4.99 Å². The van der Waals surface area contributed by atoms with Gasteiger partial charge in [0.1, 0.15) is 5.82 Å². The highest BCUT2D eigenvalue weighted by Gasteiger charge is 2.09. The number of hydrogen-bond donors (Lipinski definition) is 2. The Morgan fingerprint density at radius 1 is 1.22 bits per heavy atom. The largest absolute Gasteiger partial charge is 0.357 e. The fourth-order valence-electron chi connectivity index (χ4n) is 2.55. The lowest BCUT2D eigenvalue weighted by Crippen LogP contribution is -2.40. The van der Waals surface area contributed by atoms with E-state index in [0.717, 1.165) is 50.7 Å². The Bertz CT molecular complexity index is 472. The molecule has 0 aliphatic rings. The number of likely N-dealkylation sites (N-methyl/N-ethyl adjacent to an activating group) is 1. The Morgan fingerprint density at radius 2 is 1.96 bits per heavy atom. The SMILES string of the molecule is CCNC(=NCC(C)N(CC)CC)NCCc1cccc(F)c1. The van der Waals surface area contributed by atoms with Crippen molar-refractivity contribution in [3.05, 3.63) is 35.6 Å². The van der Waals surface area contributed by atoms with Crippen LogP contribution in [0, 0.1) is 5.82 Å². The van der Waals surface area contributed by atoms with Gasteiger partial charge >= 0.3 is 0 Å². The van der Waals surface area contributed by atoms with E-state index in [1.165, 1.54) is 6.07 Å². The highest BCUT2D eigenvalue weighted by atomic mass is 19.1. The third kappa shape index (κ3) is 7.46. The number of benzene rings is 1. The first kappa shape index (κ1) is 19.4. The number of hydrogen-bond acceptors (Lipinski definition) is 2. The molecule has 1 aromatic carbocycles. The maximum absolute atomic E-state index is 13.2. The van der Waals surface area contributed by atoms with E-state index >= 15 is 0 Å². The molecule has 0 saturated carbocycles. The molecule has 0 fully saturated rings. The van der Waals surface area contributed by atoms with E-state index in [1.54, 1.807) is 12.1 Å². The third-order valence-electron chi connectivity index (χ3n) is 3.89. The number of rotatable bonds is 9. The van der Waals surface area contributed by atoms with E-state index in [0.29, 0.717) is 6.04 Å². The molecule has 0 bridgehead atoms. The highest BCUT2D eigenvalue weighted by molar-refractivity contribution is 5.79. The van der Waals surface area contributed by atoms with Crippen molar-refractivity contribution in [2.75, 3.05) is 32.7 Å². The van der Waals surface area contributed by atoms with Crippen molar-refractivity contribution in [1.82, 2.24) is 15.5 Å². The van der Waals surface area contributed by atoms with Crippen molar-refractivity contribution in [3.63, 3.8) is 0 Å². The van der Waals surface area contributed by atoms with Gasteiger partial charge in [-0.05, 0) is 51.1 Å². The summed E-state index contributed by atoms with van der Waals surface area (Å²) in [6.45, 7) is 13.0. The molecule has 0 radical (unpaired) electrons. The van der Waals surface area contributed by atoms with Gasteiger partial charge in [-0.3, -0.25) is 9.89 Å². The molecule has 0 aliphatic heterocycles. The van der Waals surface area contributed by atoms with Gasteiger partial charge in [-0.25, -0.2) is 4.39 Å². The van der Waals surface area contributed by atoms with Crippen molar-refractivity contribution in [3.8, 4) is 0 Å². The quantitative estimate of drug-likeness (QED) is 0.542. The van der Waals surface area contributed by atoms with Gasteiger partial charge in [-0.1, -0.05) is 26.0 Å². The second kappa shape index (κ2) is 11.0. The standard InChI is InChI=1S/C18H31FN4/c1-5-20-18(22-14-15(4)23(6-2)7-3)21-12-11-16-9-8-10-17(19)13-16/h8-10,13,15H,5-7,11-12,14H2,1-4H3,(H2,20,21,22). The zero-order chi connectivity index (χ0) is 17.1. The summed E-state index contributed by atoms with van der Waals surface area (Å²) in [4.78, 5) is 7.05. The zero-order valence-corrected chi connectivity index (χ0v) is 14.9. The summed E-state index contributed by atoms with van der Waals surface area (Å²) in [5.41, 5.74) is 0.991. The summed E-state index contributed by atoms with van der Waals surface area (Å²) in [6, 6.07) is 7.15. The van der Waals surface area contributed by atoms with Gasteiger partial charge in [0.2, 0.25) is 0 Å². The van der Waals surface area contributed by atoms with Crippen molar-refractivity contribution in [1.29, 1.82) is 0 Å². The first-order valence-electron chi connectivity index (χ1n) is 8.61. The Labute approximate surface area is 140 Å². The molecule has 23 heavy (non-hydrogen) atoms. The summed E-state index contributed by atoms with van der Waals surface area (Å²) in [7, 11) is 0. The van der Waals surface area contributed by atoms with Crippen LogP contribution in [0.4, 0.5) is 4.39 Å². The van der Waals surface area contributed by atoms with Crippen LogP contribution in [-0.4, -0.2) is 49.6 Å². The van der Waals surface area contributed by atoms with Gasteiger partial charge in [-0.15, -0.1) is 0 Å². The predicted octanol–water partition coefficient (Wildman–Crippen LogP) is 2.65. The number of nitrogens with one attached hydrogen (secondary N) is 2. The van der Waals surface area contributed by atoms with E-state index < -0.39 is 0 Å². The number of aliphatic imine (C=N–C) groups is 1. The minimum Gasteiger partial charge on any atom is -0.357 e. The average Bonchev–Trinajstić information content (AvgIpc) is 2.54. The Hall–Kier alpha value is -1.62. The second-order valence-electron chi connectivity index (χ2n) is 5.60. The van der Waals surface area contributed by atoms with Gasteiger partial charge in [-0.2, -0.15) is 0 Å². The Kier molecular flexibility index (Phi) is 9.29. The van der Waals surface area contributed by atoms with Crippen molar-refractivity contribution >= 4 is 5.96 Å².